The Bertz CT molecular complexity index is 1220. The minimum Gasteiger partial charge on any atom is -0.495 e. The van der Waals surface area contributed by atoms with Gasteiger partial charge in [-0.3, -0.25) is 9.52 Å². The second kappa shape index (κ2) is 8.81. The van der Waals surface area contributed by atoms with Gasteiger partial charge in [0.1, 0.15) is 23.1 Å². The molecule has 164 valence electrons. The Balaban J connectivity index is 1.96. The lowest BCUT2D eigenvalue weighted by Gasteiger charge is -2.17. The maximum absolute atomic E-state index is 14.6. The van der Waals surface area contributed by atoms with Crippen LogP contribution in [0.5, 0.6) is 5.75 Å². The Hall–Kier alpha value is -3.33. The molecule has 0 saturated carbocycles. The third kappa shape index (κ3) is 4.72. The van der Waals surface area contributed by atoms with Gasteiger partial charge in [-0.25, -0.2) is 12.8 Å². The van der Waals surface area contributed by atoms with E-state index in [0.717, 1.165) is 6.07 Å². The van der Waals surface area contributed by atoms with E-state index in [2.05, 4.69) is 4.72 Å². The number of anilines is 1. The van der Waals surface area contributed by atoms with E-state index in [9.17, 15) is 17.6 Å². The highest BCUT2D eigenvalue weighted by molar-refractivity contribution is 7.92. The summed E-state index contributed by atoms with van der Waals surface area (Å²) in [5, 5.41) is 0. The van der Waals surface area contributed by atoms with Gasteiger partial charge >= 0.3 is 0 Å². The minimum atomic E-state index is -4.15. The van der Waals surface area contributed by atoms with Gasteiger partial charge in [-0.2, -0.15) is 0 Å². The highest BCUT2D eigenvalue weighted by Crippen LogP contribution is 2.33. The van der Waals surface area contributed by atoms with Crippen molar-refractivity contribution >= 4 is 21.6 Å². The number of halogens is 1. The van der Waals surface area contributed by atoms with Crippen LogP contribution in [0.4, 0.5) is 10.1 Å². The highest BCUT2D eigenvalue weighted by atomic mass is 32.2. The monoisotopic (exact) mass is 446 g/mol. The molecule has 31 heavy (non-hydrogen) atoms. The van der Waals surface area contributed by atoms with Gasteiger partial charge < -0.3 is 14.9 Å². The Morgan fingerprint density at radius 1 is 1.19 bits per heavy atom. The van der Waals surface area contributed by atoms with Gasteiger partial charge in [-0.05, 0) is 61.4 Å². The van der Waals surface area contributed by atoms with Gasteiger partial charge in [0.15, 0.2) is 0 Å². The molecule has 2 aromatic carbocycles. The van der Waals surface area contributed by atoms with Crippen molar-refractivity contribution in [1.82, 2.24) is 0 Å². The maximum Gasteiger partial charge on any atom is 0.262 e. The standard InChI is InChI=1S/C22H23FN2O5S/c1-4-16(22(24)26)14-6-10-21(29-3)19(11-14)25-31(27,28)15-7-8-17(18(23)12-15)20-9-5-13(2)30-20/h5-12,16,25H,4H2,1-3H3,(H2,24,26). The predicted molar refractivity (Wildman–Crippen MR) is 115 cm³/mol. The number of nitrogens with one attached hydrogen (secondary N) is 1. The number of carbonyl (C=O) groups is 1. The first-order valence-electron chi connectivity index (χ1n) is 9.52. The highest BCUT2D eigenvalue weighted by Gasteiger charge is 2.22. The summed E-state index contributed by atoms with van der Waals surface area (Å²) in [6.07, 6.45) is 0.451. The van der Waals surface area contributed by atoms with Crippen LogP contribution >= 0.6 is 0 Å². The number of hydrogen-bond acceptors (Lipinski definition) is 5. The van der Waals surface area contributed by atoms with Crippen molar-refractivity contribution in [1.29, 1.82) is 0 Å². The second-order valence-corrected chi connectivity index (χ2v) is 8.66. The molecule has 1 amide bonds. The Morgan fingerprint density at radius 2 is 1.94 bits per heavy atom. The van der Waals surface area contributed by atoms with E-state index in [1.807, 2.05) is 0 Å². The summed E-state index contributed by atoms with van der Waals surface area (Å²) < 4.78 is 53.5. The lowest BCUT2D eigenvalue weighted by molar-refractivity contribution is -0.119. The van der Waals surface area contributed by atoms with E-state index < -0.39 is 27.7 Å². The van der Waals surface area contributed by atoms with Crippen LogP contribution in [0.2, 0.25) is 0 Å². The summed E-state index contributed by atoms with van der Waals surface area (Å²) in [6, 6.07) is 11.5. The fourth-order valence-electron chi connectivity index (χ4n) is 3.27. The van der Waals surface area contributed by atoms with Gasteiger partial charge in [0.25, 0.3) is 10.0 Å². The number of sulfonamides is 1. The zero-order valence-corrected chi connectivity index (χ0v) is 18.1. The normalized spacial score (nSPS) is 12.4. The predicted octanol–water partition coefficient (Wildman–Crippen LogP) is 4.18. The molecule has 0 bridgehead atoms. The van der Waals surface area contributed by atoms with Crippen LogP contribution in [0.3, 0.4) is 0 Å². The largest absolute Gasteiger partial charge is 0.495 e. The zero-order valence-electron chi connectivity index (χ0n) is 17.3. The molecule has 1 unspecified atom stereocenters. The van der Waals surface area contributed by atoms with Gasteiger partial charge in [-0.1, -0.05) is 13.0 Å². The van der Waals surface area contributed by atoms with Crippen LogP contribution < -0.4 is 15.2 Å². The van der Waals surface area contributed by atoms with Crippen LogP contribution in [0, 0.1) is 12.7 Å². The molecule has 1 heterocycles. The van der Waals surface area contributed by atoms with Crippen LogP contribution in [0.1, 0.15) is 30.6 Å². The lowest BCUT2D eigenvalue weighted by atomic mass is 9.95. The van der Waals surface area contributed by atoms with Crippen molar-refractivity contribution in [2.24, 2.45) is 5.73 Å². The molecule has 7 nitrogen and oxygen atoms in total. The fourth-order valence-corrected chi connectivity index (χ4v) is 4.34. The lowest BCUT2D eigenvalue weighted by Crippen LogP contribution is -2.21. The molecule has 9 heteroatoms. The second-order valence-electron chi connectivity index (χ2n) is 6.98. The van der Waals surface area contributed by atoms with Gasteiger partial charge in [0.05, 0.1) is 29.2 Å². The first-order chi connectivity index (χ1) is 14.7. The number of nitrogens with two attached hydrogens (primary N) is 1. The Morgan fingerprint density at radius 3 is 2.48 bits per heavy atom. The zero-order chi connectivity index (χ0) is 22.8. The number of ether oxygens (including phenoxy) is 1. The average molecular weight is 447 g/mol. The smallest absolute Gasteiger partial charge is 0.262 e. The number of carbonyl (C=O) groups excluding carboxylic acids is 1. The molecule has 0 spiro atoms. The average Bonchev–Trinajstić information content (AvgIpc) is 3.14. The molecule has 0 fully saturated rings. The van der Waals surface area contributed by atoms with Crippen molar-refractivity contribution in [2.45, 2.75) is 31.1 Å². The third-order valence-corrected chi connectivity index (χ3v) is 6.24. The van der Waals surface area contributed by atoms with E-state index in [1.165, 1.54) is 25.3 Å². The minimum absolute atomic E-state index is 0.117. The van der Waals surface area contributed by atoms with Crippen molar-refractivity contribution in [3.63, 3.8) is 0 Å². The molecule has 0 aliphatic carbocycles. The van der Waals surface area contributed by atoms with E-state index >= 15 is 0 Å². The van der Waals surface area contributed by atoms with Gasteiger partial charge in [0, 0.05) is 0 Å². The molecule has 1 aromatic heterocycles. The number of rotatable bonds is 8. The van der Waals surface area contributed by atoms with E-state index in [4.69, 9.17) is 14.9 Å². The van der Waals surface area contributed by atoms with Crippen molar-refractivity contribution in [2.75, 3.05) is 11.8 Å². The molecule has 0 aliphatic rings. The molecule has 0 aliphatic heterocycles. The number of hydrogen-bond donors (Lipinski definition) is 2. The van der Waals surface area contributed by atoms with Crippen molar-refractivity contribution in [3.05, 3.63) is 65.7 Å². The topological polar surface area (TPSA) is 112 Å². The first kappa shape index (κ1) is 22.4. The number of amides is 1. The molecule has 0 saturated heterocycles. The first-order valence-corrected chi connectivity index (χ1v) is 11.0. The number of aryl methyl sites for hydroxylation is 1. The van der Waals surface area contributed by atoms with Crippen LogP contribution in [-0.4, -0.2) is 21.4 Å². The van der Waals surface area contributed by atoms with Crippen LogP contribution in [-0.2, 0) is 14.8 Å². The molecule has 3 N–H and O–H groups in total. The quantitative estimate of drug-likeness (QED) is 0.539. The van der Waals surface area contributed by atoms with Gasteiger partial charge in [-0.15, -0.1) is 0 Å². The summed E-state index contributed by atoms with van der Waals surface area (Å²) in [5.74, 6) is -0.679. The molecular formula is C22H23FN2O5S. The van der Waals surface area contributed by atoms with E-state index in [0.29, 0.717) is 23.5 Å². The number of methoxy groups -OCH3 is 1. The number of primary amides is 1. The SMILES string of the molecule is CCC(C(N)=O)c1ccc(OC)c(NS(=O)(=O)c2ccc(-c3ccc(C)o3)c(F)c2)c1. The summed E-state index contributed by atoms with van der Waals surface area (Å²) in [7, 11) is -2.76. The van der Waals surface area contributed by atoms with Crippen molar-refractivity contribution < 1.29 is 26.8 Å². The van der Waals surface area contributed by atoms with Crippen LogP contribution in [0.25, 0.3) is 11.3 Å². The summed E-state index contributed by atoms with van der Waals surface area (Å²) in [6.45, 7) is 3.53. The summed E-state index contributed by atoms with van der Waals surface area (Å²) in [5.41, 5.74) is 6.25. The summed E-state index contributed by atoms with van der Waals surface area (Å²) in [4.78, 5) is 11.4. The maximum atomic E-state index is 14.6. The molecule has 3 rings (SSSR count). The van der Waals surface area contributed by atoms with Crippen molar-refractivity contribution in [3.8, 4) is 17.1 Å². The molecular weight excluding hydrogens is 423 g/mol. The molecule has 0 radical (unpaired) electrons. The van der Waals surface area contributed by atoms with E-state index in [-0.39, 0.29) is 21.9 Å². The molecule has 3 aromatic rings. The van der Waals surface area contributed by atoms with Crippen LogP contribution in [0.15, 0.2) is 57.8 Å². The molecule has 1 atom stereocenters. The fraction of sp³-hybridized carbons (Fsp3) is 0.227. The summed E-state index contributed by atoms with van der Waals surface area (Å²) >= 11 is 0. The number of benzene rings is 2. The Labute approximate surface area is 180 Å². The Kier molecular flexibility index (Phi) is 6.35. The van der Waals surface area contributed by atoms with E-state index in [1.54, 1.807) is 38.1 Å². The third-order valence-electron chi connectivity index (χ3n) is 4.88. The number of furan rings is 1. The van der Waals surface area contributed by atoms with Gasteiger partial charge in [0.2, 0.25) is 5.91 Å².